The molecule has 0 radical (unpaired) electrons. The minimum atomic E-state index is -0.662. The predicted molar refractivity (Wildman–Crippen MR) is 148 cm³/mol. The van der Waals surface area contributed by atoms with Gasteiger partial charge in [0.25, 0.3) is 5.91 Å². The molecule has 2 aromatic rings. The predicted octanol–water partition coefficient (Wildman–Crippen LogP) is 3.16. The van der Waals surface area contributed by atoms with Crippen molar-refractivity contribution in [1.29, 1.82) is 0 Å². The average Bonchev–Trinajstić information content (AvgIpc) is 2.89. The van der Waals surface area contributed by atoms with Crippen LogP contribution in [0.5, 0.6) is 0 Å². The van der Waals surface area contributed by atoms with Crippen LogP contribution in [-0.4, -0.2) is 83.8 Å². The Bertz CT molecular complexity index is 1130. The second-order valence-corrected chi connectivity index (χ2v) is 10.9. The molecule has 11 heteroatoms. The van der Waals surface area contributed by atoms with Crippen molar-refractivity contribution >= 4 is 29.3 Å². The van der Waals surface area contributed by atoms with E-state index in [1.807, 2.05) is 26.0 Å². The molecule has 3 heterocycles. The van der Waals surface area contributed by atoms with Crippen LogP contribution >= 0.6 is 0 Å². The summed E-state index contributed by atoms with van der Waals surface area (Å²) in [7, 11) is 3.43. The maximum absolute atomic E-state index is 12.8. The number of rotatable bonds is 7. The van der Waals surface area contributed by atoms with Gasteiger partial charge in [-0.15, -0.1) is 0 Å². The van der Waals surface area contributed by atoms with E-state index >= 15 is 0 Å². The highest BCUT2D eigenvalue weighted by molar-refractivity contribution is 5.96. The highest BCUT2D eigenvalue weighted by Gasteiger charge is 2.30. The zero-order chi connectivity index (χ0) is 27.4. The maximum atomic E-state index is 12.8. The lowest BCUT2D eigenvalue weighted by molar-refractivity contribution is -0.906. The summed E-state index contributed by atoms with van der Waals surface area (Å²) in [4.78, 5) is 36.8. The summed E-state index contributed by atoms with van der Waals surface area (Å²) in [6.45, 7) is 6.65. The Morgan fingerprint density at radius 2 is 1.84 bits per heavy atom. The number of nitrogens with one attached hydrogen (secondary N) is 2. The van der Waals surface area contributed by atoms with Crippen LogP contribution in [0.4, 0.5) is 22.1 Å². The molecule has 0 saturated carbocycles. The lowest BCUT2D eigenvalue weighted by atomic mass is 9.88. The van der Waals surface area contributed by atoms with Crippen LogP contribution in [0.25, 0.3) is 0 Å². The molecule has 11 nitrogen and oxygen atoms in total. The Labute approximate surface area is 224 Å². The number of piperidine rings is 2. The molecule has 38 heavy (non-hydrogen) atoms. The monoisotopic (exact) mass is 524 g/mol. The van der Waals surface area contributed by atoms with Crippen molar-refractivity contribution < 1.29 is 14.2 Å². The number of aromatic nitrogens is 2. The number of carbonyl (C=O) groups is 2. The number of carbonyl (C=O) groups excluding carboxylic acids is 2. The van der Waals surface area contributed by atoms with E-state index in [4.69, 9.17) is 10.7 Å². The van der Waals surface area contributed by atoms with Crippen LogP contribution in [0, 0.1) is 5.21 Å². The van der Waals surface area contributed by atoms with E-state index in [2.05, 4.69) is 32.7 Å². The van der Waals surface area contributed by atoms with Gasteiger partial charge in [0.15, 0.2) is 11.5 Å². The summed E-state index contributed by atoms with van der Waals surface area (Å²) < 4.78 is -0.110. The molecule has 0 unspecified atom stereocenters. The summed E-state index contributed by atoms with van der Waals surface area (Å²) in [5, 5.41) is 19.1. The summed E-state index contributed by atoms with van der Waals surface area (Å²) in [6.07, 6.45) is 5.08. The summed E-state index contributed by atoms with van der Waals surface area (Å²) in [6, 6.07) is 8.00. The molecule has 1 aromatic heterocycles. The van der Waals surface area contributed by atoms with E-state index in [9.17, 15) is 14.8 Å². The molecule has 0 spiro atoms. The van der Waals surface area contributed by atoms with E-state index in [1.165, 1.54) is 10.5 Å². The summed E-state index contributed by atoms with van der Waals surface area (Å²) in [5.41, 5.74) is 7.64. The van der Waals surface area contributed by atoms with Gasteiger partial charge in [-0.05, 0) is 50.3 Å². The van der Waals surface area contributed by atoms with Crippen molar-refractivity contribution in [2.75, 3.05) is 50.5 Å². The van der Waals surface area contributed by atoms with Gasteiger partial charge in [0.2, 0.25) is 0 Å². The second kappa shape index (κ2) is 11.5. The first kappa shape index (κ1) is 27.6. The van der Waals surface area contributed by atoms with Crippen molar-refractivity contribution in [3.63, 3.8) is 0 Å². The molecule has 2 fully saturated rings. The van der Waals surface area contributed by atoms with Crippen molar-refractivity contribution in [3.8, 4) is 0 Å². The molecular weight excluding hydrogens is 484 g/mol. The number of hydroxylamine groups is 3. The minimum absolute atomic E-state index is 0.00822. The number of nitrogens with zero attached hydrogens (tertiary/aromatic N) is 5. The Morgan fingerprint density at radius 3 is 2.45 bits per heavy atom. The number of urea groups is 1. The Morgan fingerprint density at radius 1 is 1.16 bits per heavy atom. The molecule has 0 bridgehead atoms. The minimum Gasteiger partial charge on any atom is -0.633 e. The van der Waals surface area contributed by atoms with Gasteiger partial charge < -0.3 is 36.0 Å². The third-order valence-electron chi connectivity index (χ3n) is 7.77. The summed E-state index contributed by atoms with van der Waals surface area (Å²) in [5.74, 6) is 0.617. The van der Waals surface area contributed by atoms with Crippen LogP contribution in [0.3, 0.4) is 0 Å². The number of primary amides is 1. The van der Waals surface area contributed by atoms with Gasteiger partial charge in [0.05, 0.1) is 25.3 Å². The van der Waals surface area contributed by atoms with Crippen molar-refractivity contribution in [1.82, 2.24) is 20.2 Å². The van der Waals surface area contributed by atoms with Gasteiger partial charge in [0, 0.05) is 51.8 Å². The largest absolute Gasteiger partial charge is 0.633 e. The zero-order valence-electron chi connectivity index (χ0n) is 22.8. The molecule has 4 N–H and O–H groups in total. The first-order valence-corrected chi connectivity index (χ1v) is 13.4. The average molecular weight is 525 g/mol. The standard InChI is InChI=1S/C27H40N8O3/c1-18(2)35(38)14-11-20(12-15-35)19-7-9-21(10-8-19)30-26-24(25(28)36)29-16-23(32-26)34-13-5-6-22(17-34)31-27(37)33(3)4/h7-10,16,18,20,22H,5-6,11-15,17H2,1-4H3,(H2,28,36)(H,30,32)(H,31,37)/t20?,22-,35?/m1/s1. The second-order valence-electron chi connectivity index (χ2n) is 10.9. The number of anilines is 3. The number of benzene rings is 1. The van der Waals surface area contributed by atoms with Gasteiger partial charge in [-0.3, -0.25) is 4.79 Å². The van der Waals surface area contributed by atoms with Crippen LogP contribution in [0.15, 0.2) is 30.5 Å². The number of hydrogen-bond donors (Lipinski definition) is 3. The number of likely N-dealkylation sites (tertiary alicyclic amines) is 1. The van der Waals surface area contributed by atoms with E-state index in [-0.39, 0.29) is 28.5 Å². The van der Waals surface area contributed by atoms with E-state index in [0.717, 1.165) is 37.9 Å². The van der Waals surface area contributed by atoms with Gasteiger partial charge in [-0.2, -0.15) is 0 Å². The highest BCUT2D eigenvalue weighted by atomic mass is 16.5. The molecule has 3 amide bonds. The number of nitrogens with two attached hydrogens (primary N) is 1. The van der Waals surface area contributed by atoms with E-state index in [0.29, 0.717) is 37.2 Å². The quantitative estimate of drug-likeness (QED) is 0.373. The fourth-order valence-electron chi connectivity index (χ4n) is 5.24. The maximum Gasteiger partial charge on any atom is 0.317 e. The van der Waals surface area contributed by atoms with Crippen LogP contribution in [0.1, 0.15) is 61.5 Å². The normalized spacial score (nSPS) is 23.7. The van der Waals surface area contributed by atoms with Gasteiger partial charge in [-0.1, -0.05) is 12.1 Å². The molecule has 1 atom stereocenters. The van der Waals surface area contributed by atoms with Crippen molar-refractivity contribution in [2.24, 2.45) is 5.73 Å². The SMILES string of the molecule is CC(C)[N+]1([O-])CCC(c2ccc(Nc3nc(N4CCC[C@@H](NC(=O)N(C)C)C4)cnc3C(N)=O)cc2)CC1. The Balaban J connectivity index is 1.46. The van der Waals surface area contributed by atoms with Gasteiger partial charge >= 0.3 is 6.03 Å². The zero-order valence-corrected chi connectivity index (χ0v) is 22.8. The van der Waals surface area contributed by atoms with Crippen LogP contribution in [-0.2, 0) is 0 Å². The van der Waals surface area contributed by atoms with E-state index in [1.54, 1.807) is 20.3 Å². The molecule has 2 aliphatic heterocycles. The third kappa shape index (κ3) is 6.33. The number of amides is 3. The van der Waals surface area contributed by atoms with Gasteiger partial charge in [-0.25, -0.2) is 14.8 Å². The van der Waals surface area contributed by atoms with Crippen molar-refractivity contribution in [3.05, 3.63) is 46.9 Å². The van der Waals surface area contributed by atoms with Crippen LogP contribution in [0.2, 0.25) is 0 Å². The number of hydrogen-bond acceptors (Lipinski definition) is 7. The molecule has 206 valence electrons. The smallest absolute Gasteiger partial charge is 0.317 e. The lowest BCUT2D eigenvalue weighted by Gasteiger charge is -2.50. The lowest BCUT2D eigenvalue weighted by Crippen LogP contribution is -2.52. The Hall–Kier alpha value is -3.44. The van der Waals surface area contributed by atoms with Crippen LogP contribution < -0.4 is 21.3 Å². The van der Waals surface area contributed by atoms with E-state index < -0.39 is 5.91 Å². The summed E-state index contributed by atoms with van der Waals surface area (Å²) >= 11 is 0. The molecule has 2 aliphatic rings. The number of quaternary nitrogens is 1. The first-order valence-electron chi connectivity index (χ1n) is 13.4. The molecule has 4 rings (SSSR count). The fraction of sp³-hybridized carbons (Fsp3) is 0.556. The third-order valence-corrected chi connectivity index (χ3v) is 7.77. The molecule has 1 aromatic carbocycles. The highest BCUT2D eigenvalue weighted by Crippen LogP contribution is 2.33. The van der Waals surface area contributed by atoms with Crippen molar-refractivity contribution in [2.45, 2.75) is 57.5 Å². The molecule has 2 saturated heterocycles. The first-order chi connectivity index (χ1) is 18.1. The molecular formula is C27H40N8O3. The van der Waals surface area contributed by atoms with Gasteiger partial charge in [0.1, 0.15) is 5.82 Å². The molecule has 0 aliphatic carbocycles. The fourth-order valence-corrected chi connectivity index (χ4v) is 5.24. The Kier molecular flexibility index (Phi) is 8.37. The topological polar surface area (TPSA) is 140 Å².